The molecule has 6 heteroatoms. The van der Waals surface area contributed by atoms with E-state index in [2.05, 4.69) is 23.1 Å². The number of rotatable bonds is 16. The molecule has 6 nitrogen and oxygen atoms in total. The molecule has 0 bridgehead atoms. The molecule has 0 radical (unpaired) electrons. The summed E-state index contributed by atoms with van der Waals surface area (Å²) in [5.41, 5.74) is 0.134. The smallest absolute Gasteiger partial charge is 0.220 e. The Morgan fingerprint density at radius 3 is 1.90 bits per heavy atom. The molecule has 1 rings (SSSR count). The van der Waals surface area contributed by atoms with Crippen LogP contribution in [0.2, 0.25) is 0 Å². The van der Waals surface area contributed by atoms with E-state index in [0.717, 1.165) is 5.56 Å². The van der Waals surface area contributed by atoms with Crippen LogP contribution in [0.5, 0.6) is 0 Å². The van der Waals surface area contributed by atoms with Crippen LogP contribution in [0.15, 0.2) is 30.3 Å². The molecule has 1 aromatic carbocycles. The number of terminal acetylenes is 3. The number of hydrogen-bond acceptors (Lipinski definition) is 5. The molecule has 0 spiro atoms. The number of amides is 1. The Balaban J connectivity index is 2.55. The van der Waals surface area contributed by atoms with Crippen molar-refractivity contribution in [2.45, 2.75) is 25.0 Å². The summed E-state index contributed by atoms with van der Waals surface area (Å²) in [5, 5.41) is 2.94. The molecule has 0 saturated carbocycles. The summed E-state index contributed by atoms with van der Waals surface area (Å²) in [6.45, 7) is 1.55. The number of benzene rings is 1. The minimum absolute atomic E-state index is 0.0925. The second-order valence-electron chi connectivity index (χ2n) is 6.56. The van der Waals surface area contributed by atoms with Gasteiger partial charge in [-0.15, -0.1) is 19.3 Å². The average molecular weight is 411 g/mol. The fraction of sp³-hybridized carbons (Fsp3) is 0.458. The molecular weight excluding hydrogens is 382 g/mol. The summed E-state index contributed by atoms with van der Waals surface area (Å²) in [6.07, 6.45) is 16.6. The molecule has 0 aliphatic rings. The standard InChI is InChI=1S/C24H29NO5/c1-4-14-28-19-24(20-29-15-5-2,21-30-16-6-3)25-23(26)13-10-17-27-18-22-11-8-7-9-12-22/h1-3,7-9,11-12H,10,13-21H2,(H,25,26). The molecule has 160 valence electrons. The summed E-state index contributed by atoms with van der Waals surface area (Å²) in [6, 6.07) is 9.85. The average Bonchev–Trinajstić information content (AvgIpc) is 2.75. The normalized spacial score (nSPS) is 10.6. The van der Waals surface area contributed by atoms with E-state index in [9.17, 15) is 4.79 Å². The van der Waals surface area contributed by atoms with Gasteiger partial charge in [0.2, 0.25) is 5.91 Å². The van der Waals surface area contributed by atoms with Crippen LogP contribution in [0.4, 0.5) is 0 Å². The highest BCUT2D eigenvalue weighted by Crippen LogP contribution is 2.10. The minimum atomic E-state index is -0.952. The Hall–Kier alpha value is -2.79. The SMILES string of the molecule is C#CCOCC(COCC#C)(COCC#C)NC(=O)CCCOCc1ccccc1. The molecule has 1 aromatic rings. The first-order valence-electron chi connectivity index (χ1n) is 9.62. The zero-order valence-corrected chi connectivity index (χ0v) is 17.2. The van der Waals surface area contributed by atoms with Gasteiger partial charge in [-0.2, -0.15) is 0 Å². The molecule has 0 aliphatic heterocycles. The summed E-state index contributed by atoms with van der Waals surface area (Å²) in [5.74, 6) is 6.99. The summed E-state index contributed by atoms with van der Waals surface area (Å²) in [7, 11) is 0. The molecule has 0 atom stereocenters. The van der Waals surface area contributed by atoms with E-state index in [4.69, 9.17) is 38.2 Å². The number of hydrogen-bond donors (Lipinski definition) is 1. The van der Waals surface area contributed by atoms with Crippen LogP contribution in [-0.4, -0.2) is 57.7 Å². The van der Waals surface area contributed by atoms with Crippen molar-refractivity contribution in [3.05, 3.63) is 35.9 Å². The Morgan fingerprint density at radius 2 is 1.40 bits per heavy atom. The monoisotopic (exact) mass is 411 g/mol. The lowest BCUT2D eigenvalue weighted by atomic mass is 10.0. The van der Waals surface area contributed by atoms with Crippen molar-refractivity contribution in [1.29, 1.82) is 0 Å². The second kappa shape index (κ2) is 16.1. The third-order valence-corrected chi connectivity index (χ3v) is 3.90. The first-order valence-corrected chi connectivity index (χ1v) is 9.62. The molecule has 0 aliphatic carbocycles. The van der Waals surface area contributed by atoms with E-state index in [1.807, 2.05) is 30.3 Å². The maximum atomic E-state index is 12.5. The van der Waals surface area contributed by atoms with Crippen molar-refractivity contribution in [1.82, 2.24) is 5.32 Å². The highest BCUT2D eigenvalue weighted by molar-refractivity contribution is 5.76. The Bertz CT molecular complexity index is 676. The highest BCUT2D eigenvalue weighted by Gasteiger charge is 2.33. The van der Waals surface area contributed by atoms with Crippen LogP contribution in [0.3, 0.4) is 0 Å². The first-order chi connectivity index (χ1) is 14.7. The van der Waals surface area contributed by atoms with Gasteiger partial charge in [0.15, 0.2) is 0 Å². The molecule has 0 unspecified atom stereocenters. The van der Waals surface area contributed by atoms with Gasteiger partial charge in [-0.1, -0.05) is 48.1 Å². The third-order valence-electron chi connectivity index (χ3n) is 3.90. The minimum Gasteiger partial charge on any atom is -0.377 e. The topological polar surface area (TPSA) is 66.0 Å². The number of ether oxygens (including phenoxy) is 4. The zero-order chi connectivity index (χ0) is 21.9. The van der Waals surface area contributed by atoms with E-state index in [0.29, 0.717) is 19.6 Å². The zero-order valence-electron chi connectivity index (χ0n) is 17.2. The van der Waals surface area contributed by atoms with E-state index in [-0.39, 0.29) is 52.0 Å². The maximum Gasteiger partial charge on any atom is 0.220 e. The van der Waals surface area contributed by atoms with Gasteiger partial charge in [0.05, 0.1) is 26.4 Å². The third kappa shape index (κ3) is 11.3. The number of carbonyl (C=O) groups excluding carboxylic acids is 1. The van der Waals surface area contributed by atoms with Crippen molar-refractivity contribution in [3.8, 4) is 37.0 Å². The molecule has 0 aromatic heterocycles. The van der Waals surface area contributed by atoms with Crippen molar-refractivity contribution in [3.63, 3.8) is 0 Å². The fourth-order valence-corrected chi connectivity index (χ4v) is 2.61. The predicted octanol–water partition coefficient (Wildman–Crippen LogP) is 1.79. The predicted molar refractivity (Wildman–Crippen MR) is 115 cm³/mol. The van der Waals surface area contributed by atoms with Crippen LogP contribution in [0, 0.1) is 37.0 Å². The van der Waals surface area contributed by atoms with Crippen LogP contribution in [-0.2, 0) is 30.3 Å². The number of carbonyl (C=O) groups is 1. The van der Waals surface area contributed by atoms with Crippen molar-refractivity contribution >= 4 is 5.91 Å². The van der Waals surface area contributed by atoms with Gasteiger partial charge in [-0.05, 0) is 12.0 Å². The fourth-order valence-electron chi connectivity index (χ4n) is 2.61. The Morgan fingerprint density at radius 1 is 0.867 bits per heavy atom. The van der Waals surface area contributed by atoms with Crippen LogP contribution in [0.25, 0.3) is 0 Å². The lowest BCUT2D eigenvalue weighted by Gasteiger charge is -2.33. The highest BCUT2D eigenvalue weighted by atomic mass is 16.5. The number of nitrogens with one attached hydrogen (secondary N) is 1. The molecule has 1 N–H and O–H groups in total. The molecule has 0 heterocycles. The largest absolute Gasteiger partial charge is 0.377 e. The van der Waals surface area contributed by atoms with Crippen LogP contribution in [0.1, 0.15) is 18.4 Å². The molecular formula is C24H29NO5. The van der Waals surface area contributed by atoms with Gasteiger partial charge >= 0.3 is 0 Å². The van der Waals surface area contributed by atoms with Crippen molar-refractivity contribution < 1.29 is 23.7 Å². The summed E-state index contributed by atoms with van der Waals surface area (Å²) >= 11 is 0. The van der Waals surface area contributed by atoms with Gasteiger partial charge in [0, 0.05) is 13.0 Å². The summed E-state index contributed by atoms with van der Waals surface area (Å²) in [4.78, 5) is 12.5. The van der Waals surface area contributed by atoms with E-state index >= 15 is 0 Å². The molecule has 30 heavy (non-hydrogen) atoms. The maximum absolute atomic E-state index is 12.5. The summed E-state index contributed by atoms with van der Waals surface area (Å²) < 4.78 is 22.0. The van der Waals surface area contributed by atoms with Gasteiger partial charge in [0.1, 0.15) is 25.4 Å². The molecule has 0 saturated heterocycles. The van der Waals surface area contributed by atoms with Gasteiger partial charge in [0.25, 0.3) is 0 Å². The van der Waals surface area contributed by atoms with Crippen LogP contribution < -0.4 is 5.32 Å². The van der Waals surface area contributed by atoms with E-state index in [1.165, 1.54) is 0 Å². The van der Waals surface area contributed by atoms with Crippen LogP contribution >= 0.6 is 0 Å². The van der Waals surface area contributed by atoms with Crippen molar-refractivity contribution in [2.24, 2.45) is 0 Å². The Labute approximate surface area is 179 Å². The first kappa shape index (κ1) is 25.2. The second-order valence-corrected chi connectivity index (χ2v) is 6.56. The van der Waals surface area contributed by atoms with Gasteiger partial charge in [-0.3, -0.25) is 4.79 Å². The molecule has 0 fully saturated rings. The van der Waals surface area contributed by atoms with Gasteiger partial charge in [-0.25, -0.2) is 0 Å². The Kier molecular flexibility index (Phi) is 13.5. The van der Waals surface area contributed by atoms with E-state index in [1.54, 1.807) is 0 Å². The van der Waals surface area contributed by atoms with Crippen molar-refractivity contribution in [2.75, 3.05) is 46.2 Å². The van der Waals surface area contributed by atoms with Gasteiger partial charge < -0.3 is 24.3 Å². The quantitative estimate of drug-likeness (QED) is 0.332. The van der Waals surface area contributed by atoms with E-state index < -0.39 is 5.54 Å². The lowest BCUT2D eigenvalue weighted by molar-refractivity contribution is -0.127. The lowest BCUT2D eigenvalue weighted by Crippen LogP contribution is -2.58. The molecule has 1 amide bonds.